The quantitative estimate of drug-likeness (QED) is 0.106. The van der Waals surface area contributed by atoms with E-state index < -0.39 is 11.9 Å². The molecular formula is C32H66N2Na2O4. The Morgan fingerprint density at radius 1 is 0.400 bits per heavy atom. The first-order valence-electron chi connectivity index (χ1n) is 16.3. The Bertz CT molecular complexity index is 419. The summed E-state index contributed by atoms with van der Waals surface area (Å²) in [4.78, 5) is 18.5. The van der Waals surface area contributed by atoms with E-state index in [-0.39, 0.29) is 72.0 Å². The Kier molecular flexibility index (Phi) is 62.5. The van der Waals surface area contributed by atoms with Crippen LogP contribution in [-0.4, -0.2) is 38.1 Å². The van der Waals surface area contributed by atoms with Gasteiger partial charge in [-0.25, -0.2) is 0 Å². The summed E-state index contributed by atoms with van der Waals surface area (Å²) in [6, 6.07) is 0. The normalized spacial score (nSPS) is 9.80. The first kappa shape index (κ1) is 50.5. The van der Waals surface area contributed by atoms with Gasteiger partial charge in [0.1, 0.15) is 0 Å². The third-order valence-corrected chi connectivity index (χ3v) is 6.47. The van der Waals surface area contributed by atoms with E-state index in [1.165, 1.54) is 155 Å². The van der Waals surface area contributed by atoms with Gasteiger partial charge in [0, 0.05) is 25.0 Å². The largest absolute Gasteiger partial charge is 1.00 e. The number of carbonyl (C=O) groups excluding carboxylic acids is 2. The molecule has 0 aliphatic heterocycles. The fourth-order valence-corrected chi connectivity index (χ4v) is 3.90. The molecule has 2 N–H and O–H groups in total. The van der Waals surface area contributed by atoms with Crippen LogP contribution in [0, 0.1) is 0 Å². The molecule has 0 bridgehead atoms. The molecule has 0 amide bonds. The van der Waals surface area contributed by atoms with Gasteiger partial charge >= 0.3 is 59.1 Å². The summed E-state index contributed by atoms with van der Waals surface area (Å²) in [5.74, 6) is -1.99. The molecule has 0 aliphatic rings. The predicted molar refractivity (Wildman–Crippen MR) is 160 cm³/mol. The van der Waals surface area contributed by atoms with E-state index in [9.17, 15) is 19.8 Å². The Hall–Kier alpha value is 0.860. The molecule has 6 nitrogen and oxygen atoms in total. The van der Waals surface area contributed by atoms with E-state index in [0.717, 1.165) is 13.1 Å². The van der Waals surface area contributed by atoms with Gasteiger partial charge in [-0.1, -0.05) is 143 Å². The Balaban J connectivity index is -0.000000289. The van der Waals surface area contributed by atoms with Gasteiger partial charge in [-0.05, 0) is 38.8 Å². The second-order valence-corrected chi connectivity index (χ2v) is 10.3. The van der Waals surface area contributed by atoms with Crippen LogP contribution >= 0.6 is 0 Å². The van der Waals surface area contributed by atoms with Gasteiger partial charge in [0.15, 0.2) is 0 Å². The number of unbranched alkanes of at least 4 members (excludes halogenated alkanes) is 18. The van der Waals surface area contributed by atoms with Crippen molar-refractivity contribution >= 4 is 11.9 Å². The molecule has 40 heavy (non-hydrogen) atoms. The summed E-state index contributed by atoms with van der Waals surface area (Å²) >= 11 is 0. The topological polar surface area (TPSA) is 104 Å². The summed E-state index contributed by atoms with van der Waals surface area (Å²) in [5, 5.41) is 25.7. The summed E-state index contributed by atoms with van der Waals surface area (Å²) in [5.41, 5.74) is 0. The second kappa shape index (κ2) is 49.5. The minimum absolute atomic E-state index is 0. The van der Waals surface area contributed by atoms with Crippen molar-refractivity contribution in [3.8, 4) is 0 Å². The number of carboxylic acids is 2. The van der Waals surface area contributed by atoms with Gasteiger partial charge in [0.05, 0.1) is 0 Å². The third kappa shape index (κ3) is 62.5. The number of hydrogen-bond donors (Lipinski definition) is 2. The van der Waals surface area contributed by atoms with Crippen molar-refractivity contribution in [1.82, 2.24) is 10.6 Å². The molecule has 0 saturated heterocycles. The number of rotatable bonds is 27. The van der Waals surface area contributed by atoms with Crippen LogP contribution in [0.5, 0.6) is 0 Å². The summed E-state index contributed by atoms with van der Waals surface area (Å²) in [6.07, 6.45) is 28.8. The van der Waals surface area contributed by atoms with Crippen LogP contribution in [0.3, 0.4) is 0 Å². The van der Waals surface area contributed by atoms with Gasteiger partial charge in [-0.2, -0.15) is 0 Å². The molecule has 0 aromatic carbocycles. The van der Waals surface area contributed by atoms with Crippen molar-refractivity contribution < 1.29 is 78.9 Å². The minimum Gasteiger partial charge on any atom is -0.550 e. The SMILES string of the molecule is CCC(=O)[O-].CCC(=O)[O-].CCCCCCCCCCCCNCCNCCCCCCCCCCCC.[Na+].[Na+]. The molecule has 0 aliphatic carbocycles. The standard InChI is InChI=1S/C26H56N2.2C3H6O2.2Na/c1-3-5-7-9-11-13-15-17-19-21-23-27-25-26-28-24-22-20-18-16-14-12-10-8-6-4-2;2*1-2-3(4)5;;/h27-28H,3-26H2,1-2H3;2*2H2,1H3,(H,4,5);;/q;;;2*+1/p-2. The number of aliphatic carboxylic acids is 2. The third-order valence-electron chi connectivity index (χ3n) is 6.47. The summed E-state index contributed by atoms with van der Waals surface area (Å²) in [6.45, 7) is 12.3. The fourth-order valence-electron chi connectivity index (χ4n) is 3.90. The van der Waals surface area contributed by atoms with Crippen LogP contribution in [0.25, 0.3) is 0 Å². The maximum Gasteiger partial charge on any atom is 1.00 e. The Morgan fingerprint density at radius 3 is 0.800 bits per heavy atom. The predicted octanol–water partition coefficient (Wildman–Crippen LogP) is 0.308. The summed E-state index contributed by atoms with van der Waals surface area (Å²) in [7, 11) is 0. The number of hydrogen-bond acceptors (Lipinski definition) is 6. The van der Waals surface area contributed by atoms with Crippen LogP contribution in [0.1, 0.15) is 169 Å². The van der Waals surface area contributed by atoms with E-state index >= 15 is 0 Å². The first-order chi connectivity index (χ1) is 18.5. The smallest absolute Gasteiger partial charge is 0.550 e. The zero-order valence-electron chi connectivity index (χ0n) is 28.0. The minimum atomic E-state index is -0.995. The molecule has 0 heterocycles. The monoisotopic (exact) mass is 588 g/mol. The van der Waals surface area contributed by atoms with Crippen LogP contribution in [0.2, 0.25) is 0 Å². The molecule has 0 rings (SSSR count). The van der Waals surface area contributed by atoms with Gasteiger partial charge in [-0.3, -0.25) is 0 Å². The van der Waals surface area contributed by atoms with Gasteiger partial charge in [-0.15, -0.1) is 0 Å². The molecule has 0 saturated carbocycles. The van der Waals surface area contributed by atoms with Crippen molar-refractivity contribution in [1.29, 1.82) is 0 Å². The number of carboxylic acid groups (broad SMARTS) is 2. The van der Waals surface area contributed by atoms with Crippen LogP contribution in [0.15, 0.2) is 0 Å². The Morgan fingerprint density at radius 2 is 0.600 bits per heavy atom. The maximum absolute atomic E-state index is 9.26. The first-order valence-corrected chi connectivity index (χ1v) is 16.3. The molecule has 0 atom stereocenters. The van der Waals surface area contributed by atoms with E-state index in [4.69, 9.17) is 0 Å². The molecule has 0 radical (unpaired) electrons. The zero-order valence-corrected chi connectivity index (χ0v) is 32.0. The van der Waals surface area contributed by atoms with E-state index in [0.29, 0.717) is 0 Å². The number of nitrogens with one attached hydrogen (secondary N) is 2. The van der Waals surface area contributed by atoms with E-state index in [1.807, 2.05) is 0 Å². The van der Waals surface area contributed by atoms with Gasteiger partial charge in [0.25, 0.3) is 0 Å². The molecule has 0 aromatic heterocycles. The average molecular weight is 589 g/mol. The molecule has 0 fully saturated rings. The summed E-state index contributed by atoms with van der Waals surface area (Å²) < 4.78 is 0. The van der Waals surface area contributed by atoms with Crippen molar-refractivity contribution in [2.24, 2.45) is 0 Å². The van der Waals surface area contributed by atoms with E-state index in [2.05, 4.69) is 24.5 Å². The second-order valence-electron chi connectivity index (χ2n) is 10.3. The van der Waals surface area contributed by atoms with Crippen molar-refractivity contribution in [3.05, 3.63) is 0 Å². The molecule has 230 valence electrons. The maximum atomic E-state index is 9.26. The molecule has 8 heteroatoms. The Labute approximate surface area is 294 Å². The average Bonchev–Trinajstić information content (AvgIpc) is 2.91. The van der Waals surface area contributed by atoms with Gasteiger partial charge in [0.2, 0.25) is 0 Å². The molecule has 0 aromatic rings. The fraction of sp³-hybridized carbons (Fsp3) is 0.938. The van der Waals surface area contributed by atoms with Crippen molar-refractivity contribution in [2.75, 3.05) is 26.2 Å². The molecule has 0 spiro atoms. The van der Waals surface area contributed by atoms with Gasteiger partial charge < -0.3 is 30.4 Å². The van der Waals surface area contributed by atoms with Crippen LogP contribution in [0.4, 0.5) is 0 Å². The van der Waals surface area contributed by atoms with Crippen LogP contribution in [-0.2, 0) is 9.59 Å². The zero-order chi connectivity index (χ0) is 29.0. The van der Waals surface area contributed by atoms with E-state index in [1.54, 1.807) is 0 Å². The molecule has 0 unspecified atom stereocenters. The number of carbonyl (C=O) groups is 2. The van der Waals surface area contributed by atoms with Crippen molar-refractivity contribution in [3.63, 3.8) is 0 Å². The molecular weight excluding hydrogens is 522 g/mol. The van der Waals surface area contributed by atoms with Crippen molar-refractivity contribution in [2.45, 2.75) is 169 Å². The van der Waals surface area contributed by atoms with Crippen LogP contribution < -0.4 is 80.0 Å².